The molecule has 46 heavy (non-hydrogen) atoms. The molecule has 2 aromatic carbocycles. The van der Waals surface area contributed by atoms with Gasteiger partial charge in [0, 0.05) is 25.8 Å². The lowest BCUT2D eigenvalue weighted by molar-refractivity contribution is -0.146. The maximum absolute atomic E-state index is 14.2. The van der Waals surface area contributed by atoms with E-state index >= 15 is 0 Å². The Labute approximate surface area is 269 Å². The van der Waals surface area contributed by atoms with Crippen LogP contribution in [0, 0.1) is 5.92 Å². The van der Waals surface area contributed by atoms with Crippen LogP contribution >= 0.6 is 0 Å². The third kappa shape index (κ3) is 9.06. The molecule has 0 bridgehead atoms. The van der Waals surface area contributed by atoms with Crippen molar-refractivity contribution in [3.05, 3.63) is 65.2 Å². The van der Waals surface area contributed by atoms with Gasteiger partial charge in [0.2, 0.25) is 29.5 Å². The predicted octanol–water partition coefficient (Wildman–Crippen LogP) is 2.16. The highest BCUT2D eigenvalue weighted by Crippen LogP contribution is 2.26. The Morgan fingerprint density at radius 3 is 2.22 bits per heavy atom. The third-order valence-electron chi connectivity index (χ3n) is 8.54. The van der Waals surface area contributed by atoms with Crippen LogP contribution in [0.25, 0.3) is 0 Å². The molecule has 0 aromatic heterocycles. The van der Waals surface area contributed by atoms with Gasteiger partial charge >= 0.3 is 0 Å². The largest absolute Gasteiger partial charge is 0.497 e. The van der Waals surface area contributed by atoms with E-state index in [1.807, 2.05) is 50.2 Å². The molecule has 0 aliphatic carbocycles. The van der Waals surface area contributed by atoms with Crippen molar-refractivity contribution in [3.63, 3.8) is 0 Å². The van der Waals surface area contributed by atoms with Crippen molar-refractivity contribution in [2.75, 3.05) is 7.11 Å². The molecule has 248 valence electrons. The maximum atomic E-state index is 14.2. The van der Waals surface area contributed by atoms with E-state index in [4.69, 9.17) is 9.94 Å². The Bertz CT molecular complexity index is 1400. The first kappa shape index (κ1) is 34.4. The van der Waals surface area contributed by atoms with E-state index in [1.54, 1.807) is 24.7 Å². The molecule has 2 aliphatic heterocycles. The number of carbonyl (C=O) groups is 5. The molecule has 5 N–H and O–H groups in total. The van der Waals surface area contributed by atoms with Gasteiger partial charge in [0.25, 0.3) is 0 Å². The number of rotatable bonds is 11. The first-order valence-electron chi connectivity index (χ1n) is 15.9. The minimum atomic E-state index is -1.02. The summed E-state index contributed by atoms with van der Waals surface area (Å²) < 4.78 is 5.25. The van der Waals surface area contributed by atoms with E-state index in [0.717, 1.165) is 16.7 Å². The van der Waals surface area contributed by atoms with Crippen LogP contribution in [0.5, 0.6) is 5.75 Å². The van der Waals surface area contributed by atoms with E-state index in [-0.39, 0.29) is 44.1 Å². The molecular formula is C34H45N5O7. The van der Waals surface area contributed by atoms with Crippen molar-refractivity contribution in [1.29, 1.82) is 0 Å². The number of nitrogens with zero attached hydrogens (tertiary/aromatic N) is 1. The summed E-state index contributed by atoms with van der Waals surface area (Å²) in [6.07, 6.45) is 2.72. The van der Waals surface area contributed by atoms with E-state index in [2.05, 4.69) is 16.0 Å². The normalized spacial score (nSPS) is 22.0. The smallest absolute Gasteiger partial charge is 0.246 e. The Morgan fingerprint density at radius 1 is 0.891 bits per heavy atom. The molecule has 0 radical (unpaired) electrons. The third-order valence-corrected chi connectivity index (χ3v) is 8.54. The summed E-state index contributed by atoms with van der Waals surface area (Å²) in [5.41, 5.74) is 4.26. The van der Waals surface area contributed by atoms with Crippen molar-refractivity contribution in [3.8, 4) is 5.75 Å². The van der Waals surface area contributed by atoms with Crippen LogP contribution in [-0.2, 0) is 43.4 Å². The van der Waals surface area contributed by atoms with Crippen molar-refractivity contribution in [2.24, 2.45) is 5.92 Å². The van der Waals surface area contributed by atoms with Gasteiger partial charge < -0.3 is 25.6 Å². The second-order valence-corrected chi connectivity index (χ2v) is 12.5. The molecule has 12 nitrogen and oxygen atoms in total. The molecule has 4 rings (SSSR count). The van der Waals surface area contributed by atoms with Crippen LogP contribution < -0.4 is 26.2 Å². The van der Waals surface area contributed by atoms with Gasteiger partial charge in [0.1, 0.15) is 29.9 Å². The molecule has 1 fully saturated rings. The standard InChI is InChI=1S/C34H45N5O7/c1-21(2)17-28-34(44)39-20-24-10-8-7-9-23(24)19-29(39)33(43)35-26(11-5-4-6-12-30(40)38-45)31(41)36-27(32(42)37-28)18-22-13-15-25(46-3)16-14-22/h7-10,13-16,21,26-29,45H,4-6,11-12,17-20H2,1-3H3,(H,35,43)(H,36,41)(H,37,42)(H,38,40)/t26-,27+,28-,29-/m0/s1. The van der Waals surface area contributed by atoms with Crippen molar-refractivity contribution < 1.29 is 33.9 Å². The number of hydrogen-bond acceptors (Lipinski definition) is 7. The molecular weight excluding hydrogens is 590 g/mol. The number of methoxy groups -OCH3 is 1. The number of hydrogen-bond donors (Lipinski definition) is 5. The van der Waals surface area contributed by atoms with Gasteiger partial charge in [-0.3, -0.25) is 29.2 Å². The zero-order chi connectivity index (χ0) is 33.2. The highest BCUT2D eigenvalue weighted by Gasteiger charge is 2.41. The Balaban J connectivity index is 1.66. The molecule has 2 aliphatic rings. The number of unbranched alkanes of at least 4 members (excludes halogenated alkanes) is 2. The second kappa shape index (κ2) is 16.2. The van der Waals surface area contributed by atoms with Crippen LogP contribution in [0.3, 0.4) is 0 Å². The monoisotopic (exact) mass is 635 g/mol. The van der Waals surface area contributed by atoms with Crippen LogP contribution in [0.2, 0.25) is 0 Å². The lowest BCUT2D eigenvalue weighted by Crippen LogP contribution is -2.63. The number of fused-ring (bicyclic) bond motifs is 2. The van der Waals surface area contributed by atoms with Crippen LogP contribution in [0.4, 0.5) is 0 Å². The average molecular weight is 636 g/mol. The van der Waals surface area contributed by atoms with Crippen LogP contribution in [0.15, 0.2) is 48.5 Å². The lowest BCUT2D eigenvalue weighted by Gasteiger charge is -2.39. The number of nitrogens with one attached hydrogen (secondary N) is 4. The number of ether oxygens (including phenoxy) is 1. The predicted molar refractivity (Wildman–Crippen MR) is 169 cm³/mol. The molecule has 12 heteroatoms. The van der Waals surface area contributed by atoms with Gasteiger partial charge in [-0.25, -0.2) is 5.48 Å². The summed E-state index contributed by atoms with van der Waals surface area (Å²) in [5.74, 6) is -1.56. The summed E-state index contributed by atoms with van der Waals surface area (Å²) in [4.78, 5) is 68.8. The highest BCUT2D eigenvalue weighted by atomic mass is 16.5. The van der Waals surface area contributed by atoms with Crippen LogP contribution in [0.1, 0.15) is 69.1 Å². The van der Waals surface area contributed by atoms with E-state index in [0.29, 0.717) is 31.4 Å². The summed E-state index contributed by atoms with van der Waals surface area (Å²) in [6.45, 7) is 4.13. The molecule has 4 atom stereocenters. The Morgan fingerprint density at radius 2 is 1.54 bits per heavy atom. The molecule has 0 spiro atoms. The first-order valence-corrected chi connectivity index (χ1v) is 15.9. The summed E-state index contributed by atoms with van der Waals surface area (Å²) in [7, 11) is 1.56. The van der Waals surface area contributed by atoms with Gasteiger partial charge in [-0.15, -0.1) is 0 Å². The number of carbonyl (C=O) groups excluding carboxylic acids is 5. The number of hydroxylamine groups is 1. The fourth-order valence-corrected chi connectivity index (χ4v) is 6.04. The molecule has 0 unspecified atom stereocenters. The maximum Gasteiger partial charge on any atom is 0.246 e. The van der Waals surface area contributed by atoms with Gasteiger partial charge in [0.05, 0.1) is 7.11 Å². The topological polar surface area (TPSA) is 166 Å². The van der Waals surface area contributed by atoms with Gasteiger partial charge in [-0.05, 0) is 54.0 Å². The number of benzene rings is 2. The van der Waals surface area contributed by atoms with Crippen molar-refractivity contribution in [2.45, 2.75) is 95.9 Å². The van der Waals surface area contributed by atoms with E-state index < -0.39 is 47.8 Å². The molecule has 1 saturated heterocycles. The SMILES string of the molecule is COc1ccc(C[C@H]2NC(=O)[C@H](CCCCCC(=O)NO)NC(=O)[C@@H]3Cc4ccccc4CN3C(=O)[C@H](CC(C)C)NC2=O)cc1. The summed E-state index contributed by atoms with van der Waals surface area (Å²) in [5, 5.41) is 17.4. The quantitative estimate of drug-likeness (QED) is 0.143. The van der Waals surface area contributed by atoms with Crippen LogP contribution in [-0.4, -0.2) is 70.9 Å². The highest BCUT2D eigenvalue weighted by molar-refractivity contribution is 5.98. The minimum Gasteiger partial charge on any atom is -0.497 e. The first-order chi connectivity index (χ1) is 22.1. The lowest BCUT2D eigenvalue weighted by atomic mass is 9.91. The van der Waals surface area contributed by atoms with Gasteiger partial charge in [-0.1, -0.05) is 63.1 Å². The second-order valence-electron chi connectivity index (χ2n) is 12.5. The minimum absolute atomic E-state index is 0.0639. The zero-order valence-electron chi connectivity index (χ0n) is 26.7. The summed E-state index contributed by atoms with van der Waals surface area (Å²) in [6, 6.07) is 11.0. The fourth-order valence-electron chi connectivity index (χ4n) is 6.04. The van der Waals surface area contributed by atoms with E-state index in [1.165, 1.54) is 4.90 Å². The molecule has 5 amide bonds. The van der Waals surface area contributed by atoms with Gasteiger partial charge in [-0.2, -0.15) is 0 Å². The van der Waals surface area contributed by atoms with Gasteiger partial charge in [0.15, 0.2) is 0 Å². The fraction of sp³-hybridized carbons (Fsp3) is 0.500. The van der Waals surface area contributed by atoms with E-state index in [9.17, 15) is 24.0 Å². The Hall–Kier alpha value is -4.45. The van der Waals surface area contributed by atoms with Crippen molar-refractivity contribution in [1.82, 2.24) is 26.3 Å². The molecule has 2 heterocycles. The van der Waals surface area contributed by atoms with Crippen molar-refractivity contribution >= 4 is 29.5 Å². The average Bonchev–Trinajstić information content (AvgIpc) is 3.05. The summed E-state index contributed by atoms with van der Waals surface area (Å²) >= 11 is 0. The number of amides is 5. The Kier molecular flexibility index (Phi) is 12.1. The zero-order valence-corrected chi connectivity index (χ0v) is 26.7. The molecule has 0 saturated carbocycles. The molecule has 2 aromatic rings.